The summed E-state index contributed by atoms with van der Waals surface area (Å²) in [6, 6.07) is 8.35. The van der Waals surface area contributed by atoms with Crippen molar-refractivity contribution in [1.29, 1.82) is 0 Å². The van der Waals surface area contributed by atoms with Crippen LogP contribution in [0.4, 0.5) is 0 Å². The van der Waals surface area contributed by atoms with Gasteiger partial charge in [0.05, 0.1) is 12.5 Å². The lowest BCUT2D eigenvalue weighted by Crippen LogP contribution is -2.67. The van der Waals surface area contributed by atoms with E-state index in [9.17, 15) is 9.59 Å². The van der Waals surface area contributed by atoms with E-state index in [4.69, 9.17) is 4.74 Å². The van der Waals surface area contributed by atoms with Crippen molar-refractivity contribution in [2.75, 3.05) is 7.11 Å². The molecule has 0 spiro atoms. The van der Waals surface area contributed by atoms with Crippen LogP contribution in [0.15, 0.2) is 46.5 Å². The van der Waals surface area contributed by atoms with E-state index in [2.05, 4.69) is 94.4 Å². The average Bonchev–Trinajstić information content (AvgIpc) is 3.34. The van der Waals surface area contributed by atoms with E-state index >= 15 is 0 Å². The lowest BCUT2D eigenvalue weighted by Gasteiger charge is -2.72. The number of carbonyl (C=O) groups is 2. The van der Waals surface area contributed by atoms with Crippen molar-refractivity contribution in [2.45, 2.75) is 99.3 Å². The Kier molecular flexibility index (Phi) is 7.16. The van der Waals surface area contributed by atoms with Gasteiger partial charge in [0, 0.05) is 9.89 Å². The molecule has 0 saturated heterocycles. The highest BCUT2D eigenvalue weighted by atomic mass is 79.9. The number of hydrogen-bond acceptors (Lipinski definition) is 3. The van der Waals surface area contributed by atoms with E-state index < -0.39 is 0 Å². The van der Waals surface area contributed by atoms with Gasteiger partial charge in [-0.2, -0.15) is 0 Å². The number of halogens is 1. The summed E-state index contributed by atoms with van der Waals surface area (Å²) in [6.45, 7) is 18.8. The molecule has 0 heterocycles. The maximum atomic E-state index is 14.1. The Morgan fingerprint density at radius 2 is 1.62 bits per heavy atom. The van der Waals surface area contributed by atoms with Crippen LogP contribution >= 0.6 is 15.9 Å². The van der Waals surface area contributed by atoms with E-state index in [1.54, 1.807) is 7.11 Å². The van der Waals surface area contributed by atoms with Crippen molar-refractivity contribution < 1.29 is 14.3 Å². The lowest BCUT2D eigenvalue weighted by molar-refractivity contribution is -0.232. The van der Waals surface area contributed by atoms with Gasteiger partial charge in [-0.15, -0.1) is 0 Å². The van der Waals surface area contributed by atoms with E-state index in [0.717, 1.165) is 60.6 Å². The van der Waals surface area contributed by atoms with Gasteiger partial charge in [0.15, 0.2) is 5.78 Å². The second-order valence-corrected chi connectivity index (χ2v) is 17.2. The van der Waals surface area contributed by atoms with Crippen molar-refractivity contribution >= 4 is 33.8 Å². The highest BCUT2D eigenvalue weighted by Crippen LogP contribution is 2.77. The van der Waals surface area contributed by atoms with Gasteiger partial charge in [0.25, 0.3) is 0 Å². The van der Waals surface area contributed by atoms with E-state index in [0.29, 0.717) is 35.4 Å². The summed E-state index contributed by atoms with van der Waals surface area (Å²) in [5, 5.41) is 0. The van der Waals surface area contributed by atoms with Crippen LogP contribution in [0.2, 0.25) is 0 Å². The maximum Gasteiger partial charge on any atom is 0.312 e. The number of methoxy groups -OCH3 is 1. The van der Waals surface area contributed by atoms with Crippen molar-refractivity contribution in [3.63, 3.8) is 0 Å². The molecule has 0 bridgehead atoms. The molecule has 0 aromatic heterocycles. The molecule has 4 heteroatoms. The standard InChI is InChI=1S/C38H51BrO3/c1-23(2)27-15-18-38(33(41)42-8)20-19-36(6)28(31(27)38)13-14-30-35(5)22-25(21-24-9-11-26(39)12-10-24)32(40)34(3,4)29(35)16-17-37(30,36)7/h9-12,21,27-31H,1,13-20,22H2,2-8H3/b25-21+/t27-,28+,29-,30+,31+,35-,36+,37+,38-/m0/s1. The van der Waals surface area contributed by atoms with Gasteiger partial charge in [0.2, 0.25) is 0 Å². The quantitative estimate of drug-likeness (QED) is 0.189. The molecule has 5 aliphatic carbocycles. The number of fused-ring (bicyclic) bond motifs is 7. The van der Waals surface area contributed by atoms with Gasteiger partial charge in [-0.25, -0.2) is 0 Å². The van der Waals surface area contributed by atoms with Gasteiger partial charge in [-0.1, -0.05) is 74.8 Å². The predicted octanol–water partition coefficient (Wildman–Crippen LogP) is 9.84. The van der Waals surface area contributed by atoms with Crippen LogP contribution < -0.4 is 0 Å². The molecule has 5 aliphatic rings. The first-order valence-electron chi connectivity index (χ1n) is 16.4. The Morgan fingerprint density at radius 1 is 0.929 bits per heavy atom. The van der Waals surface area contributed by atoms with Crippen molar-refractivity contribution in [3.8, 4) is 0 Å². The molecule has 0 aliphatic heterocycles. The number of rotatable bonds is 3. The minimum Gasteiger partial charge on any atom is -0.469 e. The van der Waals surface area contributed by atoms with Crippen LogP contribution in [0, 0.1) is 56.7 Å². The van der Waals surface area contributed by atoms with Crippen LogP contribution in [0.1, 0.15) is 105 Å². The summed E-state index contributed by atoms with van der Waals surface area (Å²) in [7, 11) is 1.59. The molecule has 0 amide bonds. The fraction of sp³-hybridized carbons (Fsp3) is 0.684. The smallest absolute Gasteiger partial charge is 0.312 e. The summed E-state index contributed by atoms with van der Waals surface area (Å²) in [5.41, 5.74) is 2.98. The first-order valence-corrected chi connectivity index (χ1v) is 17.2. The van der Waals surface area contributed by atoms with Crippen molar-refractivity contribution in [3.05, 3.63) is 52.0 Å². The highest BCUT2D eigenvalue weighted by Gasteiger charge is 2.72. The summed E-state index contributed by atoms with van der Waals surface area (Å²) in [6.07, 6.45) is 11.7. The number of carbonyl (C=O) groups excluding carboxylic acids is 2. The highest BCUT2D eigenvalue weighted by molar-refractivity contribution is 9.10. The first-order chi connectivity index (χ1) is 19.7. The van der Waals surface area contributed by atoms with E-state index in [1.807, 2.05) is 0 Å². The zero-order valence-corrected chi connectivity index (χ0v) is 28.5. The number of ether oxygens (including phenoxy) is 1. The molecule has 5 saturated carbocycles. The fourth-order valence-electron chi connectivity index (χ4n) is 12.4. The molecule has 0 radical (unpaired) electrons. The molecular formula is C38H51BrO3. The second-order valence-electron chi connectivity index (χ2n) is 16.3. The SMILES string of the molecule is C=C(C)[C@@H]1CC[C@]2(C(=O)OC)CC[C@]3(C)[C@H](CC[C@@H]4[C@@]5(C)C/C(=C\c6ccc(Br)cc6)C(=O)C(C)(C)[C@@H]5CC[C@]43C)[C@@H]12. The first kappa shape index (κ1) is 30.4. The Balaban J connectivity index is 1.41. The third-order valence-corrected chi connectivity index (χ3v) is 15.0. The van der Waals surface area contributed by atoms with E-state index in [1.165, 1.54) is 18.4 Å². The maximum absolute atomic E-state index is 14.1. The summed E-state index contributed by atoms with van der Waals surface area (Å²) >= 11 is 3.56. The summed E-state index contributed by atoms with van der Waals surface area (Å²) in [4.78, 5) is 27.6. The van der Waals surface area contributed by atoms with Crippen LogP contribution in [-0.2, 0) is 14.3 Å². The van der Waals surface area contributed by atoms with Crippen LogP contribution in [0.25, 0.3) is 6.08 Å². The van der Waals surface area contributed by atoms with Crippen molar-refractivity contribution in [1.82, 2.24) is 0 Å². The fourth-order valence-corrected chi connectivity index (χ4v) is 12.7. The molecule has 42 heavy (non-hydrogen) atoms. The third kappa shape index (κ3) is 3.94. The molecule has 0 unspecified atom stereocenters. The van der Waals surface area contributed by atoms with Crippen LogP contribution in [0.5, 0.6) is 0 Å². The number of benzene rings is 1. The zero-order chi connectivity index (χ0) is 30.5. The molecule has 0 N–H and O–H groups in total. The number of Topliss-reactive ketones (excluding diaryl/α,β-unsaturated/α-hetero) is 1. The molecular weight excluding hydrogens is 584 g/mol. The lowest BCUT2D eigenvalue weighted by atomic mass is 9.32. The summed E-state index contributed by atoms with van der Waals surface area (Å²) in [5.74, 6) is 2.50. The Hall–Kier alpha value is -1.68. The normalized spacial score (nSPS) is 44.9. The number of ketones is 1. The van der Waals surface area contributed by atoms with Crippen molar-refractivity contribution in [2.24, 2.45) is 56.7 Å². The molecule has 3 nitrogen and oxygen atoms in total. The topological polar surface area (TPSA) is 43.4 Å². The summed E-state index contributed by atoms with van der Waals surface area (Å²) < 4.78 is 6.60. The number of allylic oxidation sites excluding steroid dienone is 2. The van der Waals surface area contributed by atoms with Crippen LogP contribution in [0.3, 0.4) is 0 Å². The van der Waals surface area contributed by atoms with Gasteiger partial charge >= 0.3 is 5.97 Å². The minimum atomic E-state index is -0.379. The van der Waals surface area contributed by atoms with Gasteiger partial charge < -0.3 is 4.74 Å². The molecule has 6 rings (SSSR count). The van der Waals surface area contributed by atoms with Gasteiger partial charge in [-0.3, -0.25) is 9.59 Å². The van der Waals surface area contributed by atoms with Gasteiger partial charge in [0.1, 0.15) is 0 Å². The monoisotopic (exact) mass is 634 g/mol. The number of hydrogen-bond donors (Lipinski definition) is 0. The average molecular weight is 636 g/mol. The largest absolute Gasteiger partial charge is 0.469 e. The predicted molar refractivity (Wildman–Crippen MR) is 173 cm³/mol. The zero-order valence-electron chi connectivity index (χ0n) is 26.9. The molecule has 1 aromatic carbocycles. The van der Waals surface area contributed by atoms with E-state index in [-0.39, 0.29) is 33.0 Å². The Labute approximate surface area is 262 Å². The molecule has 5 fully saturated rings. The van der Waals surface area contributed by atoms with Crippen LogP contribution in [-0.4, -0.2) is 18.9 Å². The van der Waals surface area contributed by atoms with Gasteiger partial charge in [-0.05, 0) is 140 Å². The molecule has 9 atom stereocenters. The Bertz CT molecular complexity index is 1340. The Morgan fingerprint density at radius 3 is 2.26 bits per heavy atom. The number of esters is 1. The minimum absolute atomic E-state index is 0.0245. The third-order valence-electron chi connectivity index (χ3n) is 14.5. The molecule has 1 aromatic rings. The molecule has 228 valence electrons. The second kappa shape index (κ2) is 9.91.